The molecule has 0 radical (unpaired) electrons. The van der Waals surface area contributed by atoms with Crippen LogP contribution in [-0.4, -0.2) is 30.1 Å². The number of nitrogens with one attached hydrogen (secondary N) is 1. The van der Waals surface area contributed by atoms with E-state index < -0.39 is 5.97 Å². The number of anilines is 1. The van der Waals surface area contributed by atoms with Crippen molar-refractivity contribution in [3.05, 3.63) is 111 Å². The largest absolute Gasteiger partial charge is 0.478 e. The number of fused-ring (bicyclic) bond motifs is 1. The highest BCUT2D eigenvalue weighted by molar-refractivity contribution is 9.12. The Bertz CT molecular complexity index is 1390. The van der Waals surface area contributed by atoms with Crippen molar-refractivity contribution < 1.29 is 14.7 Å². The number of carbonyl (C=O) groups excluding carboxylic acids is 1. The zero-order valence-corrected chi connectivity index (χ0v) is 22.1. The highest BCUT2D eigenvalue weighted by Gasteiger charge is 2.19. The van der Waals surface area contributed by atoms with E-state index in [0.717, 1.165) is 65.5 Å². The number of aryl methyl sites for hydroxylation is 1. The number of rotatable bonds is 7. The average molecular weight is 557 g/mol. The van der Waals surface area contributed by atoms with Gasteiger partial charge in [-0.15, -0.1) is 0 Å². The molecule has 6 heteroatoms. The van der Waals surface area contributed by atoms with Gasteiger partial charge in [0.25, 0.3) is 5.91 Å². The highest BCUT2D eigenvalue weighted by Crippen LogP contribution is 2.31. The Morgan fingerprint density at radius 1 is 0.973 bits per heavy atom. The second-order valence-electron chi connectivity index (χ2n) is 9.46. The Hall–Kier alpha value is -3.64. The number of nitrogens with zero attached hydrogens (tertiary/aromatic N) is 1. The third-order valence-electron chi connectivity index (χ3n) is 6.98. The van der Waals surface area contributed by atoms with Gasteiger partial charge in [0.15, 0.2) is 0 Å². The summed E-state index contributed by atoms with van der Waals surface area (Å²) in [5.74, 6) is -0.975. The zero-order valence-electron chi connectivity index (χ0n) is 20.5. The summed E-state index contributed by atoms with van der Waals surface area (Å²) in [5, 5.41) is 12.6. The van der Waals surface area contributed by atoms with E-state index in [1.165, 1.54) is 11.3 Å². The molecule has 2 aliphatic rings. The second-order valence-corrected chi connectivity index (χ2v) is 10.3. The van der Waals surface area contributed by atoms with E-state index in [4.69, 9.17) is 0 Å². The second kappa shape index (κ2) is 11.2. The van der Waals surface area contributed by atoms with E-state index in [2.05, 4.69) is 56.5 Å². The third-order valence-corrected chi connectivity index (χ3v) is 7.81. The van der Waals surface area contributed by atoms with Crippen molar-refractivity contribution in [1.29, 1.82) is 0 Å². The Labute approximate surface area is 225 Å². The molecule has 37 heavy (non-hydrogen) atoms. The molecule has 0 bridgehead atoms. The molecule has 0 unspecified atom stereocenters. The Morgan fingerprint density at radius 2 is 1.76 bits per heavy atom. The molecular weight excluding hydrogens is 528 g/mol. The van der Waals surface area contributed by atoms with Crippen LogP contribution in [0.5, 0.6) is 0 Å². The summed E-state index contributed by atoms with van der Waals surface area (Å²) in [6.07, 6.45) is 8.35. The molecule has 5 rings (SSSR count). The van der Waals surface area contributed by atoms with Crippen LogP contribution in [0.2, 0.25) is 0 Å². The first-order chi connectivity index (χ1) is 18.0. The summed E-state index contributed by atoms with van der Waals surface area (Å²) in [6.45, 7) is 2.23. The van der Waals surface area contributed by atoms with E-state index >= 15 is 0 Å². The summed E-state index contributed by atoms with van der Waals surface area (Å²) >= 11 is 3.58. The van der Waals surface area contributed by atoms with Crippen molar-refractivity contribution in [2.75, 3.05) is 18.0 Å². The maximum absolute atomic E-state index is 12.8. The number of aromatic carboxylic acids is 1. The van der Waals surface area contributed by atoms with Gasteiger partial charge in [0.2, 0.25) is 0 Å². The molecule has 0 aromatic heterocycles. The van der Waals surface area contributed by atoms with Gasteiger partial charge in [0, 0.05) is 35.4 Å². The Kier molecular flexibility index (Phi) is 7.56. The van der Waals surface area contributed by atoms with Crippen molar-refractivity contribution >= 4 is 33.5 Å². The smallest absolute Gasteiger partial charge is 0.336 e. The number of hydrogen-bond acceptors (Lipinski definition) is 3. The molecule has 1 aliphatic heterocycles. The number of hydrogen-bond donors (Lipinski definition) is 2. The van der Waals surface area contributed by atoms with Crippen molar-refractivity contribution in [2.45, 2.75) is 32.2 Å². The van der Waals surface area contributed by atoms with Crippen molar-refractivity contribution in [3.8, 4) is 11.1 Å². The van der Waals surface area contributed by atoms with Gasteiger partial charge in [-0.25, -0.2) is 4.79 Å². The molecule has 1 heterocycles. The van der Waals surface area contributed by atoms with Crippen LogP contribution in [0.25, 0.3) is 11.1 Å². The van der Waals surface area contributed by atoms with Crippen LogP contribution >= 0.6 is 15.9 Å². The molecule has 0 saturated carbocycles. The minimum Gasteiger partial charge on any atom is -0.478 e. The minimum atomic E-state index is -0.923. The van der Waals surface area contributed by atoms with Gasteiger partial charge in [-0.3, -0.25) is 4.79 Å². The summed E-state index contributed by atoms with van der Waals surface area (Å²) in [7, 11) is 0. The lowest BCUT2D eigenvalue weighted by molar-refractivity contribution is 0.0697. The van der Waals surface area contributed by atoms with Gasteiger partial charge in [0.05, 0.1) is 5.56 Å². The number of amides is 1. The maximum atomic E-state index is 12.8. The lowest BCUT2D eigenvalue weighted by atomic mass is 9.97. The molecule has 3 aromatic rings. The number of carbonyl (C=O) groups is 2. The molecule has 1 aliphatic carbocycles. The van der Waals surface area contributed by atoms with Gasteiger partial charge in [-0.05, 0) is 77.8 Å². The normalized spacial score (nSPS) is 14.9. The van der Waals surface area contributed by atoms with E-state index in [-0.39, 0.29) is 5.91 Å². The van der Waals surface area contributed by atoms with E-state index in [1.807, 2.05) is 36.4 Å². The molecule has 1 amide bonds. The number of carboxylic acids is 1. The summed E-state index contributed by atoms with van der Waals surface area (Å²) in [6, 6.07) is 21.2. The van der Waals surface area contributed by atoms with Crippen LogP contribution in [0.4, 0.5) is 5.69 Å². The fourth-order valence-electron chi connectivity index (χ4n) is 5.04. The first-order valence-electron chi connectivity index (χ1n) is 12.6. The van der Waals surface area contributed by atoms with E-state index in [9.17, 15) is 14.7 Å². The summed E-state index contributed by atoms with van der Waals surface area (Å²) in [4.78, 5) is 26.8. The van der Waals surface area contributed by atoms with Gasteiger partial charge in [0.1, 0.15) is 0 Å². The first kappa shape index (κ1) is 25.0. The minimum absolute atomic E-state index is 0.0519. The van der Waals surface area contributed by atoms with Crippen LogP contribution < -0.4 is 10.2 Å². The first-order valence-corrected chi connectivity index (χ1v) is 13.4. The van der Waals surface area contributed by atoms with Crippen molar-refractivity contribution in [3.63, 3.8) is 0 Å². The predicted octanol–water partition coefficient (Wildman–Crippen LogP) is 6.73. The van der Waals surface area contributed by atoms with Crippen molar-refractivity contribution in [2.24, 2.45) is 0 Å². The SMILES string of the molecule is O=C(NCC1=CCCC=C1Br)c1ccc2c(c1)CCCN2Cc1ccc(-c2ccccc2C(=O)O)cc1. The molecule has 0 fully saturated rings. The maximum Gasteiger partial charge on any atom is 0.336 e. The van der Waals surface area contributed by atoms with Gasteiger partial charge in [-0.1, -0.05) is 70.5 Å². The quantitative estimate of drug-likeness (QED) is 0.338. The third kappa shape index (κ3) is 5.70. The molecule has 0 saturated heterocycles. The molecule has 0 spiro atoms. The van der Waals surface area contributed by atoms with E-state index in [0.29, 0.717) is 17.7 Å². The van der Waals surface area contributed by atoms with Crippen LogP contribution in [0.1, 0.15) is 51.1 Å². The standard InChI is InChI=1S/C31H29BrN2O3/c32-28-10-4-1-6-25(28)19-33-30(35)24-15-16-29-23(18-24)7-5-17-34(29)20-21-11-13-22(14-12-21)26-8-2-3-9-27(26)31(36)37/h2-3,6,8-16,18H,1,4-5,7,17,19-20H2,(H,33,35)(H,36,37). The number of carboxylic acid groups (broad SMARTS) is 1. The Morgan fingerprint density at radius 3 is 2.54 bits per heavy atom. The average Bonchev–Trinajstić information content (AvgIpc) is 2.93. The predicted molar refractivity (Wildman–Crippen MR) is 151 cm³/mol. The number of benzene rings is 3. The highest BCUT2D eigenvalue weighted by atomic mass is 79.9. The Balaban J connectivity index is 1.27. The topological polar surface area (TPSA) is 69.6 Å². The fourth-order valence-corrected chi connectivity index (χ4v) is 5.57. The van der Waals surface area contributed by atoms with Crippen LogP contribution in [0.15, 0.2) is 88.9 Å². The van der Waals surface area contributed by atoms with Crippen LogP contribution in [0.3, 0.4) is 0 Å². The van der Waals surface area contributed by atoms with Gasteiger partial charge in [-0.2, -0.15) is 0 Å². The molecule has 2 N–H and O–H groups in total. The van der Waals surface area contributed by atoms with Crippen molar-refractivity contribution in [1.82, 2.24) is 5.32 Å². The monoisotopic (exact) mass is 556 g/mol. The zero-order chi connectivity index (χ0) is 25.8. The van der Waals surface area contributed by atoms with Gasteiger partial charge >= 0.3 is 5.97 Å². The summed E-state index contributed by atoms with van der Waals surface area (Å²) in [5.41, 5.74) is 7.26. The molecule has 3 aromatic carbocycles. The number of halogens is 1. The lowest BCUT2D eigenvalue weighted by Crippen LogP contribution is -2.30. The van der Waals surface area contributed by atoms with E-state index in [1.54, 1.807) is 12.1 Å². The van der Waals surface area contributed by atoms with Gasteiger partial charge < -0.3 is 15.3 Å². The molecule has 0 atom stereocenters. The molecule has 188 valence electrons. The fraction of sp³-hybridized carbons (Fsp3) is 0.226. The van der Waals surface area contributed by atoms with Crippen LogP contribution in [0, 0.1) is 0 Å². The lowest BCUT2D eigenvalue weighted by Gasteiger charge is -2.32. The molecule has 5 nitrogen and oxygen atoms in total. The number of allylic oxidation sites excluding steroid dienone is 2. The van der Waals surface area contributed by atoms with Crippen LogP contribution in [-0.2, 0) is 13.0 Å². The molecular formula is C31H29BrN2O3. The summed E-state index contributed by atoms with van der Waals surface area (Å²) < 4.78 is 1.07.